The number of benzene rings is 2. The normalized spacial score (nSPS) is 10.6. The molecule has 0 heterocycles. The first-order valence-electron chi connectivity index (χ1n) is 8.65. The van der Waals surface area contributed by atoms with Crippen molar-refractivity contribution in [3.8, 4) is 11.5 Å². The van der Waals surface area contributed by atoms with E-state index >= 15 is 0 Å². The third-order valence-corrected chi connectivity index (χ3v) is 4.34. The van der Waals surface area contributed by atoms with E-state index in [4.69, 9.17) is 9.47 Å². The van der Waals surface area contributed by atoms with Gasteiger partial charge in [-0.25, -0.2) is 0 Å². The van der Waals surface area contributed by atoms with Crippen molar-refractivity contribution in [2.75, 3.05) is 0 Å². The van der Waals surface area contributed by atoms with E-state index in [1.165, 1.54) is 11.1 Å². The van der Waals surface area contributed by atoms with Crippen LogP contribution in [0.1, 0.15) is 48.1 Å². The first-order chi connectivity index (χ1) is 12.0. The van der Waals surface area contributed by atoms with Crippen LogP contribution in [0, 0.1) is 13.8 Å². The molecule has 0 bridgehead atoms. The molecule has 2 aromatic rings. The molecule has 4 nitrogen and oxygen atoms in total. The van der Waals surface area contributed by atoms with Gasteiger partial charge in [0, 0.05) is 12.0 Å². The number of rotatable bonds is 7. The number of esters is 1. The van der Waals surface area contributed by atoms with Crippen LogP contribution in [0.25, 0.3) is 0 Å². The average molecular weight is 342 g/mol. The highest BCUT2D eigenvalue weighted by Crippen LogP contribution is 2.28. The van der Waals surface area contributed by atoms with Gasteiger partial charge >= 0.3 is 5.97 Å². The summed E-state index contributed by atoms with van der Waals surface area (Å²) in [7, 11) is 0. The molecule has 2 aromatic carbocycles. The van der Waals surface area contributed by atoms with E-state index < -0.39 is 0 Å². The molecule has 25 heavy (non-hydrogen) atoms. The molecule has 2 rings (SSSR count). The zero-order valence-electron chi connectivity index (χ0n) is 15.4. The van der Waals surface area contributed by atoms with E-state index in [2.05, 4.69) is 26.8 Å². The van der Waals surface area contributed by atoms with Crippen LogP contribution in [0.5, 0.6) is 11.5 Å². The molecule has 0 aliphatic heterocycles. The van der Waals surface area contributed by atoms with Crippen molar-refractivity contribution in [1.29, 1.82) is 0 Å². The fourth-order valence-electron chi connectivity index (χ4n) is 2.62. The van der Waals surface area contributed by atoms with Crippen LogP contribution >= 0.6 is 0 Å². The van der Waals surface area contributed by atoms with E-state index in [9.17, 15) is 9.90 Å². The number of aliphatic hydroxyl groups is 1. The molecule has 0 saturated heterocycles. The van der Waals surface area contributed by atoms with Gasteiger partial charge in [0.05, 0.1) is 6.61 Å². The van der Waals surface area contributed by atoms with Crippen LogP contribution in [-0.2, 0) is 24.4 Å². The minimum absolute atomic E-state index is 0.135. The van der Waals surface area contributed by atoms with Gasteiger partial charge < -0.3 is 14.6 Å². The van der Waals surface area contributed by atoms with E-state index in [1.54, 1.807) is 19.1 Å². The predicted molar refractivity (Wildman–Crippen MR) is 97.9 cm³/mol. The summed E-state index contributed by atoms with van der Waals surface area (Å²) >= 11 is 0. The number of hydrogen-bond donors (Lipinski definition) is 1. The smallest absolute Gasteiger partial charge is 0.310 e. The second kappa shape index (κ2) is 8.67. The van der Waals surface area contributed by atoms with Crippen LogP contribution < -0.4 is 9.47 Å². The molecular formula is C21H26O4. The summed E-state index contributed by atoms with van der Waals surface area (Å²) in [5, 5.41) is 9.62. The lowest BCUT2D eigenvalue weighted by molar-refractivity contribution is -0.134. The number of aryl methyl sites for hydroxylation is 3. The Bertz CT molecular complexity index is 750. The summed E-state index contributed by atoms with van der Waals surface area (Å²) in [4.78, 5) is 11.7. The van der Waals surface area contributed by atoms with E-state index in [-0.39, 0.29) is 19.2 Å². The van der Waals surface area contributed by atoms with Gasteiger partial charge in [-0.2, -0.15) is 0 Å². The Labute approximate surface area is 149 Å². The Morgan fingerprint density at radius 2 is 1.76 bits per heavy atom. The maximum Gasteiger partial charge on any atom is 0.310 e. The van der Waals surface area contributed by atoms with E-state index in [0.717, 1.165) is 17.7 Å². The molecule has 0 fully saturated rings. The summed E-state index contributed by atoms with van der Waals surface area (Å²) in [6, 6.07) is 9.48. The van der Waals surface area contributed by atoms with Crippen molar-refractivity contribution in [2.45, 2.75) is 53.8 Å². The highest BCUT2D eigenvalue weighted by Gasteiger charge is 2.14. The third kappa shape index (κ3) is 4.60. The largest absolute Gasteiger partial charge is 0.488 e. The minimum Gasteiger partial charge on any atom is -0.488 e. The minimum atomic E-state index is -0.309. The zero-order chi connectivity index (χ0) is 18.4. The number of hydrogen-bond acceptors (Lipinski definition) is 4. The van der Waals surface area contributed by atoms with Crippen molar-refractivity contribution < 1.29 is 19.4 Å². The van der Waals surface area contributed by atoms with Gasteiger partial charge in [-0.15, -0.1) is 0 Å². The van der Waals surface area contributed by atoms with Crippen LogP contribution in [-0.4, -0.2) is 11.1 Å². The maximum atomic E-state index is 11.7. The molecule has 0 atom stereocenters. The lowest BCUT2D eigenvalue weighted by atomic mass is 10.0. The molecule has 0 radical (unpaired) electrons. The van der Waals surface area contributed by atoms with E-state index in [1.807, 2.05) is 12.1 Å². The standard InChI is InChI=1S/C21H26O4/c1-5-16-10-14(3)15(4)11-20(16)24-13-18-17(12-22)8-7-9-19(18)25-21(23)6-2/h7-11,22H,5-6,12-13H2,1-4H3. The molecule has 134 valence electrons. The second-order valence-electron chi connectivity index (χ2n) is 6.07. The van der Waals surface area contributed by atoms with Crippen molar-refractivity contribution >= 4 is 5.97 Å². The molecule has 0 aliphatic carbocycles. The van der Waals surface area contributed by atoms with Crippen LogP contribution in [0.15, 0.2) is 30.3 Å². The molecule has 0 aromatic heterocycles. The highest BCUT2D eigenvalue weighted by atomic mass is 16.5. The molecular weight excluding hydrogens is 316 g/mol. The first-order valence-corrected chi connectivity index (χ1v) is 8.65. The fraction of sp³-hybridized carbons (Fsp3) is 0.381. The Hall–Kier alpha value is -2.33. The zero-order valence-corrected chi connectivity index (χ0v) is 15.4. The average Bonchev–Trinajstić information content (AvgIpc) is 2.62. The van der Waals surface area contributed by atoms with Gasteiger partial charge in [0.1, 0.15) is 18.1 Å². The summed E-state index contributed by atoms with van der Waals surface area (Å²) in [6.45, 7) is 8.08. The second-order valence-corrected chi connectivity index (χ2v) is 6.07. The molecule has 0 spiro atoms. The van der Waals surface area contributed by atoms with Gasteiger partial charge in [-0.1, -0.05) is 32.0 Å². The predicted octanol–water partition coefficient (Wildman–Crippen LogP) is 4.25. The van der Waals surface area contributed by atoms with Crippen molar-refractivity contribution in [1.82, 2.24) is 0 Å². The third-order valence-electron chi connectivity index (χ3n) is 4.34. The Morgan fingerprint density at radius 1 is 1.04 bits per heavy atom. The Morgan fingerprint density at radius 3 is 2.40 bits per heavy atom. The van der Waals surface area contributed by atoms with E-state index in [0.29, 0.717) is 23.3 Å². The summed E-state index contributed by atoms with van der Waals surface area (Å²) in [6.07, 6.45) is 1.16. The lowest BCUT2D eigenvalue weighted by Crippen LogP contribution is -2.10. The summed E-state index contributed by atoms with van der Waals surface area (Å²) < 4.78 is 11.4. The quantitative estimate of drug-likeness (QED) is 0.603. The molecule has 0 amide bonds. The van der Waals surface area contributed by atoms with Crippen molar-refractivity contribution in [2.24, 2.45) is 0 Å². The number of carbonyl (C=O) groups excluding carboxylic acids is 1. The van der Waals surface area contributed by atoms with Crippen LogP contribution in [0.2, 0.25) is 0 Å². The van der Waals surface area contributed by atoms with Crippen LogP contribution in [0.4, 0.5) is 0 Å². The van der Waals surface area contributed by atoms with Gasteiger partial charge in [0.25, 0.3) is 0 Å². The first kappa shape index (κ1) is 19.0. The molecule has 4 heteroatoms. The van der Waals surface area contributed by atoms with Crippen LogP contribution in [0.3, 0.4) is 0 Å². The SMILES string of the molecule is CCC(=O)Oc1cccc(CO)c1COc1cc(C)c(C)cc1CC. The van der Waals surface area contributed by atoms with Crippen molar-refractivity contribution in [3.05, 3.63) is 58.1 Å². The summed E-state index contributed by atoms with van der Waals surface area (Å²) in [5.74, 6) is 0.961. The van der Waals surface area contributed by atoms with Gasteiger partial charge in [0.15, 0.2) is 0 Å². The Kier molecular flexibility index (Phi) is 6.59. The number of carbonyl (C=O) groups is 1. The Balaban J connectivity index is 2.31. The lowest BCUT2D eigenvalue weighted by Gasteiger charge is -2.17. The summed E-state index contributed by atoms with van der Waals surface area (Å²) in [5.41, 5.74) is 4.94. The van der Waals surface area contributed by atoms with Gasteiger partial charge in [0.2, 0.25) is 0 Å². The molecule has 1 N–H and O–H groups in total. The molecule has 0 saturated carbocycles. The highest BCUT2D eigenvalue weighted by molar-refractivity contribution is 5.72. The number of aliphatic hydroxyl groups excluding tert-OH is 1. The van der Waals surface area contributed by atoms with Gasteiger partial charge in [-0.3, -0.25) is 4.79 Å². The maximum absolute atomic E-state index is 11.7. The fourth-order valence-corrected chi connectivity index (χ4v) is 2.62. The van der Waals surface area contributed by atoms with Crippen molar-refractivity contribution in [3.63, 3.8) is 0 Å². The number of ether oxygens (including phenoxy) is 2. The monoisotopic (exact) mass is 342 g/mol. The topological polar surface area (TPSA) is 55.8 Å². The molecule has 0 aliphatic rings. The molecule has 0 unspecified atom stereocenters. The van der Waals surface area contributed by atoms with Gasteiger partial charge in [-0.05, 0) is 54.7 Å².